The third kappa shape index (κ3) is 4.20. The lowest BCUT2D eigenvalue weighted by Crippen LogP contribution is -2.48. The Morgan fingerprint density at radius 2 is 2.00 bits per heavy atom. The van der Waals surface area contributed by atoms with Gasteiger partial charge >= 0.3 is 12.0 Å². The van der Waals surface area contributed by atoms with Crippen LogP contribution in [-0.4, -0.2) is 41.6 Å². The molecular weight excluding hydrogens is 232 g/mol. The number of carboxylic acids is 1. The summed E-state index contributed by atoms with van der Waals surface area (Å²) in [6, 6.07) is 0.0516. The second-order valence-electron chi connectivity index (χ2n) is 5.39. The molecule has 0 radical (unpaired) electrons. The van der Waals surface area contributed by atoms with Gasteiger partial charge < -0.3 is 15.3 Å². The van der Waals surface area contributed by atoms with Crippen LogP contribution in [0.3, 0.4) is 0 Å². The number of urea groups is 1. The molecule has 1 rings (SSSR count). The highest BCUT2D eigenvalue weighted by molar-refractivity contribution is 5.75. The number of hydrogen-bond donors (Lipinski definition) is 2. The van der Waals surface area contributed by atoms with E-state index in [0.717, 1.165) is 12.8 Å². The van der Waals surface area contributed by atoms with Gasteiger partial charge in [-0.3, -0.25) is 4.79 Å². The molecule has 104 valence electrons. The van der Waals surface area contributed by atoms with E-state index >= 15 is 0 Å². The first kappa shape index (κ1) is 14.8. The smallest absolute Gasteiger partial charge is 0.317 e. The molecule has 0 bridgehead atoms. The quantitative estimate of drug-likeness (QED) is 0.807. The molecule has 2 N–H and O–H groups in total. The number of amides is 2. The van der Waals surface area contributed by atoms with E-state index < -0.39 is 5.97 Å². The fraction of sp³-hybridized carbons (Fsp3) is 0.846. The summed E-state index contributed by atoms with van der Waals surface area (Å²) in [5, 5.41) is 11.6. The molecule has 2 amide bonds. The van der Waals surface area contributed by atoms with E-state index in [1.54, 1.807) is 7.05 Å². The Kier molecular flexibility index (Phi) is 5.44. The van der Waals surface area contributed by atoms with Crippen LogP contribution < -0.4 is 5.32 Å². The van der Waals surface area contributed by atoms with Gasteiger partial charge in [0.15, 0.2) is 0 Å². The predicted octanol–water partition coefficient (Wildman–Crippen LogP) is 1.93. The van der Waals surface area contributed by atoms with Gasteiger partial charge in [0.05, 0.1) is 6.42 Å². The van der Waals surface area contributed by atoms with Crippen molar-refractivity contribution in [2.24, 2.45) is 11.8 Å². The number of aliphatic carboxylic acids is 1. The maximum atomic E-state index is 11.9. The fourth-order valence-electron chi connectivity index (χ4n) is 2.42. The standard InChI is InChI=1S/C13H24N2O3/c1-9-5-4-6-11(10(9)2)14-13(18)15(3)8-7-12(16)17/h9-11H,4-8H2,1-3H3,(H,14,18)(H,16,17). The zero-order chi connectivity index (χ0) is 13.7. The number of rotatable bonds is 4. The molecule has 0 spiro atoms. The lowest BCUT2D eigenvalue weighted by atomic mass is 9.78. The van der Waals surface area contributed by atoms with Crippen molar-refractivity contribution < 1.29 is 14.7 Å². The van der Waals surface area contributed by atoms with E-state index in [-0.39, 0.29) is 25.0 Å². The van der Waals surface area contributed by atoms with Crippen molar-refractivity contribution in [2.45, 2.75) is 45.6 Å². The van der Waals surface area contributed by atoms with Crippen LogP contribution >= 0.6 is 0 Å². The molecule has 1 aliphatic rings. The van der Waals surface area contributed by atoms with Crippen LogP contribution in [0.15, 0.2) is 0 Å². The fourth-order valence-corrected chi connectivity index (χ4v) is 2.42. The summed E-state index contributed by atoms with van der Waals surface area (Å²) in [7, 11) is 1.63. The summed E-state index contributed by atoms with van der Waals surface area (Å²) in [4.78, 5) is 23.8. The zero-order valence-electron chi connectivity index (χ0n) is 11.5. The summed E-state index contributed by atoms with van der Waals surface area (Å²) < 4.78 is 0. The number of carboxylic acid groups (broad SMARTS) is 1. The van der Waals surface area contributed by atoms with Crippen LogP contribution in [0.5, 0.6) is 0 Å². The van der Waals surface area contributed by atoms with Crippen molar-refractivity contribution in [1.29, 1.82) is 0 Å². The molecule has 0 aromatic rings. The summed E-state index contributed by atoms with van der Waals surface area (Å²) in [5.74, 6) is 0.234. The van der Waals surface area contributed by atoms with Crippen molar-refractivity contribution in [3.8, 4) is 0 Å². The first-order chi connectivity index (χ1) is 8.41. The molecular formula is C13H24N2O3. The number of hydrogen-bond acceptors (Lipinski definition) is 2. The number of nitrogens with one attached hydrogen (secondary N) is 1. The Hall–Kier alpha value is -1.26. The molecule has 0 saturated heterocycles. The first-order valence-electron chi connectivity index (χ1n) is 6.65. The van der Waals surface area contributed by atoms with Crippen LogP contribution in [0.1, 0.15) is 39.5 Å². The highest BCUT2D eigenvalue weighted by Crippen LogP contribution is 2.29. The van der Waals surface area contributed by atoms with Crippen LogP contribution in [-0.2, 0) is 4.79 Å². The Balaban J connectivity index is 2.40. The minimum absolute atomic E-state index is 0.0134. The SMILES string of the molecule is CC1CCCC(NC(=O)N(C)CCC(=O)O)C1C. The van der Waals surface area contributed by atoms with Crippen molar-refractivity contribution >= 4 is 12.0 Å². The highest BCUT2D eigenvalue weighted by atomic mass is 16.4. The number of carbonyl (C=O) groups is 2. The maximum Gasteiger partial charge on any atom is 0.317 e. The summed E-state index contributed by atoms with van der Waals surface area (Å²) in [5.41, 5.74) is 0. The Labute approximate surface area is 109 Å². The van der Waals surface area contributed by atoms with Gasteiger partial charge in [0, 0.05) is 19.6 Å². The maximum absolute atomic E-state index is 11.9. The molecule has 0 heterocycles. The first-order valence-corrected chi connectivity index (χ1v) is 6.65. The second kappa shape index (κ2) is 6.61. The number of carbonyl (C=O) groups excluding carboxylic acids is 1. The van der Waals surface area contributed by atoms with Crippen LogP contribution in [0.25, 0.3) is 0 Å². The Morgan fingerprint density at radius 1 is 1.33 bits per heavy atom. The van der Waals surface area contributed by atoms with Gasteiger partial charge in [-0.25, -0.2) is 4.79 Å². The van der Waals surface area contributed by atoms with Gasteiger partial charge in [0.2, 0.25) is 0 Å². The zero-order valence-corrected chi connectivity index (χ0v) is 11.5. The molecule has 0 aromatic heterocycles. The molecule has 5 nitrogen and oxygen atoms in total. The van der Waals surface area contributed by atoms with E-state index in [4.69, 9.17) is 5.11 Å². The lowest BCUT2D eigenvalue weighted by Gasteiger charge is -2.35. The second-order valence-corrected chi connectivity index (χ2v) is 5.39. The molecule has 1 fully saturated rings. The van der Waals surface area contributed by atoms with E-state index in [0.29, 0.717) is 11.8 Å². The van der Waals surface area contributed by atoms with Crippen LogP contribution in [0, 0.1) is 11.8 Å². The average Bonchev–Trinajstić information content (AvgIpc) is 2.31. The van der Waals surface area contributed by atoms with E-state index in [9.17, 15) is 9.59 Å². The third-order valence-corrected chi connectivity index (χ3v) is 4.02. The van der Waals surface area contributed by atoms with Gasteiger partial charge in [0.1, 0.15) is 0 Å². The van der Waals surface area contributed by atoms with Gasteiger partial charge in [-0.2, -0.15) is 0 Å². The molecule has 3 atom stereocenters. The Bertz CT molecular complexity index is 307. The molecule has 0 aromatic carbocycles. The van der Waals surface area contributed by atoms with Crippen molar-refractivity contribution in [3.05, 3.63) is 0 Å². The molecule has 3 unspecified atom stereocenters. The summed E-state index contributed by atoms with van der Waals surface area (Å²) in [6.45, 7) is 4.64. The van der Waals surface area contributed by atoms with Crippen molar-refractivity contribution in [3.63, 3.8) is 0 Å². The van der Waals surface area contributed by atoms with Crippen molar-refractivity contribution in [1.82, 2.24) is 10.2 Å². The lowest BCUT2D eigenvalue weighted by molar-refractivity contribution is -0.137. The summed E-state index contributed by atoms with van der Waals surface area (Å²) in [6.07, 6.45) is 3.38. The summed E-state index contributed by atoms with van der Waals surface area (Å²) >= 11 is 0. The predicted molar refractivity (Wildman–Crippen MR) is 69.4 cm³/mol. The molecule has 1 aliphatic carbocycles. The third-order valence-electron chi connectivity index (χ3n) is 4.02. The average molecular weight is 256 g/mol. The van der Waals surface area contributed by atoms with Gasteiger partial charge in [-0.1, -0.05) is 26.7 Å². The highest BCUT2D eigenvalue weighted by Gasteiger charge is 2.28. The van der Waals surface area contributed by atoms with Crippen molar-refractivity contribution in [2.75, 3.05) is 13.6 Å². The minimum Gasteiger partial charge on any atom is -0.481 e. The van der Waals surface area contributed by atoms with E-state index in [2.05, 4.69) is 19.2 Å². The van der Waals surface area contributed by atoms with E-state index in [1.165, 1.54) is 11.3 Å². The molecule has 0 aliphatic heterocycles. The molecule has 18 heavy (non-hydrogen) atoms. The van der Waals surface area contributed by atoms with Gasteiger partial charge in [-0.05, 0) is 18.3 Å². The normalized spacial score (nSPS) is 27.6. The van der Waals surface area contributed by atoms with Crippen LogP contribution in [0.2, 0.25) is 0 Å². The monoisotopic (exact) mass is 256 g/mol. The van der Waals surface area contributed by atoms with Crippen LogP contribution in [0.4, 0.5) is 4.79 Å². The number of nitrogens with zero attached hydrogens (tertiary/aromatic N) is 1. The Morgan fingerprint density at radius 3 is 2.61 bits per heavy atom. The molecule has 1 saturated carbocycles. The van der Waals surface area contributed by atoms with E-state index in [1.807, 2.05) is 0 Å². The van der Waals surface area contributed by atoms with Gasteiger partial charge in [-0.15, -0.1) is 0 Å². The minimum atomic E-state index is -0.880. The molecule has 5 heteroatoms. The topological polar surface area (TPSA) is 69.6 Å². The van der Waals surface area contributed by atoms with Gasteiger partial charge in [0.25, 0.3) is 0 Å². The largest absolute Gasteiger partial charge is 0.481 e.